The maximum atomic E-state index is 13.5. The molecule has 35 heavy (non-hydrogen) atoms. The largest absolute Gasteiger partial charge is 0.493 e. The third-order valence-corrected chi connectivity index (χ3v) is 6.84. The van der Waals surface area contributed by atoms with E-state index in [0.717, 1.165) is 29.7 Å². The lowest BCUT2D eigenvalue weighted by molar-refractivity contribution is -0.141. The van der Waals surface area contributed by atoms with E-state index >= 15 is 0 Å². The molecule has 2 aromatic rings. The van der Waals surface area contributed by atoms with Gasteiger partial charge in [0.05, 0.1) is 33.9 Å². The van der Waals surface area contributed by atoms with Crippen molar-refractivity contribution in [3.8, 4) is 11.5 Å². The maximum Gasteiger partial charge on any atom is 0.242 e. The van der Waals surface area contributed by atoms with Crippen molar-refractivity contribution in [3.63, 3.8) is 0 Å². The normalized spacial score (nSPS) is 10.8. The van der Waals surface area contributed by atoms with E-state index in [2.05, 4.69) is 26.0 Å². The van der Waals surface area contributed by atoms with Gasteiger partial charge in [0.1, 0.15) is 0 Å². The number of aryl methyl sites for hydroxylation is 1. The Kier molecular flexibility index (Phi) is 12.6. The molecule has 0 fully saturated rings. The van der Waals surface area contributed by atoms with E-state index < -0.39 is 0 Å². The predicted molar refractivity (Wildman–Crippen MR) is 140 cm³/mol. The monoisotopic (exact) mass is 504 g/mol. The van der Waals surface area contributed by atoms with Crippen molar-refractivity contribution >= 4 is 23.2 Å². The smallest absolute Gasteiger partial charge is 0.242 e. The van der Waals surface area contributed by atoms with E-state index in [4.69, 9.17) is 14.2 Å². The molecule has 1 heterocycles. The van der Waals surface area contributed by atoms with Crippen LogP contribution in [0.3, 0.4) is 0 Å². The zero-order valence-corrected chi connectivity index (χ0v) is 22.6. The summed E-state index contributed by atoms with van der Waals surface area (Å²) in [5, 5.41) is 0. The van der Waals surface area contributed by atoms with Crippen LogP contribution in [0, 0.1) is 6.92 Å². The third-order valence-electron chi connectivity index (χ3n) is 5.85. The Hall–Kier alpha value is -2.58. The van der Waals surface area contributed by atoms with Crippen molar-refractivity contribution in [2.75, 3.05) is 47.6 Å². The van der Waals surface area contributed by atoms with E-state index in [1.54, 1.807) is 37.6 Å². The number of benzene rings is 1. The van der Waals surface area contributed by atoms with Crippen molar-refractivity contribution in [2.45, 2.75) is 52.5 Å². The molecule has 2 amide bonds. The average molecular weight is 505 g/mol. The zero-order valence-electron chi connectivity index (χ0n) is 21.8. The fourth-order valence-electron chi connectivity index (χ4n) is 3.79. The molecule has 0 aliphatic heterocycles. The Bertz CT molecular complexity index is 930. The minimum atomic E-state index is -0.0588. The second-order valence-electron chi connectivity index (χ2n) is 8.53. The maximum absolute atomic E-state index is 13.5. The molecule has 1 aromatic carbocycles. The molecular weight excluding hydrogens is 464 g/mol. The Morgan fingerprint density at radius 2 is 1.69 bits per heavy atom. The van der Waals surface area contributed by atoms with Crippen LogP contribution in [0.4, 0.5) is 0 Å². The van der Waals surface area contributed by atoms with Crippen LogP contribution in [0.15, 0.2) is 30.3 Å². The van der Waals surface area contributed by atoms with Crippen LogP contribution in [-0.4, -0.2) is 69.2 Å². The number of hydrogen-bond donors (Lipinski definition) is 0. The van der Waals surface area contributed by atoms with Crippen LogP contribution in [0.25, 0.3) is 0 Å². The summed E-state index contributed by atoms with van der Waals surface area (Å²) < 4.78 is 16.0. The number of carbonyl (C=O) groups excluding carboxylic acids is 2. The van der Waals surface area contributed by atoms with Gasteiger partial charge in [-0.1, -0.05) is 25.8 Å². The van der Waals surface area contributed by atoms with Crippen molar-refractivity contribution in [1.29, 1.82) is 0 Å². The highest BCUT2D eigenvalue weighted by Crippen LogP contribution is 2.28. The predicted octanol–water partition coefficient (Wildman–Crippen LogP) is 4.70. The summed E-state index contributed by atoms with van der Waals surface area (Å²) in [4.78, 5) is 32.1. The molecule has 194 valence electrons. The van der Waals surface area contributed by atoms with E-state index in [1.165, 1.54) is 4.88 Å². The summed E-state index contributed by atoms with van der Waals surface area (Å²) >= 11 is 1.69. The van der Waals surface area contributed by atoms with Crippen molar-refractivity contribution in [3.05, 3.63) is 45.6 Å². The summed E-state index contributed by atoms with van der Waals surface area (Å²) in [5.74, 6) is 1.29. The summed E-state index contributed by atoms with van der Waals surface area (Å²) in [5.41, 5.74) is 1.05. The molecule has 0 spiro atoms. The van der Waals surface area contributed by atoms with Crippen molar-refractivity contribution < 1.29 is 23.8 Å². The van der Waals surface area contributed by atoms with Crippen molar-refractivity contribution in [1.82, 2.24) is 9.80 Å². The van der Waals surface area contributed by atoms with Crippen LogP contribution in [-0.2, 0) is 27.3 Å². The summed E-state index contributed by atoms with van der Waals surface area (Å²) in [7, 11) is 4.83. The fourth-order valence-corrected chi connectivity index (χ4v) is 4.70. The number of methoxy groups -OCH3 is 3. The Morgan fingerprint density at radius 3 is 2.31 bits per heavy atom. The first-order valence-electron chi connectivity index (χ1n) is 12.2. The summed E-state index contributed by atoms with van der Waals surface area (Å²) in [6, 6.07) is 9.94. The highest BCUT2D eigenvalue weighted by Gasteiger charge is 2.22. The molecule has 1 aromatic heterocycles. The van der Waals surface area contributed by atoms with Gasteiger partial charge in [0, 0.05) is 36.4 Å². The minimum Gasteiger partial charge on any atom is -0.493 e. The highest BCUT2D eigenvalue weighted by atomic mass is 32.1. The molecule has 7 nitrogen and oxygen atoms in total. The molecule has 0 atom stereocenters. The van der Waals surface area contributed by atoms with Gasteiger partial charge in [0.25, 0.3) is 0 Å². The first-order valence-corrected chi connectivity index (χ1v) is 13.0. The average Bonchev–Trinajstić information content (AvgIpc) is 3.28. The number of unbranched alkanes of at least 4 members (excludes halogenated alkanes) is 2. The number of nitrogens with zero attached hydrogens (tertiary/aromatic N) is 2. The lowest BCUT2D eigenvalue weighted by Crippen LogP contribution is -2.44. The Labute approximate surface area is 214 Å². The first-order chi connectivity index (χ1) is 16.9. The highest BCUT2D eigenvalue weighted by molar-refractivity contribution is 7.11. The van der Waals surface area contributed by atoms with Gasteiger partial charge in [-0.2, -0.15) is 0 Å². The van der Waals surface area contributed by atoms with Gasteiger partial charge in [-0.15, -0.1) is 11.3 Å². The van der Waals surface area contributed by atoms with Gasteiger partial charge in [0.15, 0.2) is 11.5 Å². The van der Waals surface area contributed by atoms with Crippen LogP contribution >= 0.6 is 11.3 Å². The van der Waals surface area contributed by atoms with Crippen LogP contribution in [0.1, 0.15) is 47.9 Å². The standard InChI is InChI=1S/C27H40N2O5S/c1-6-7-8-9-26(30)29(16-17-32-3)20-27(31)28(19-23-12-10-21(2)35-23)15-14-22-11-13-24(33-4)25(18-22)34-5/h10-13,18H,6-9,14-17,19-20H2,1-5H3. The molecule has 0 saturated carbocycles. The van der Waals surface area contributed by atoms with Gasteiger partial charge in [-0.3, -0.25) is 9.59 Å². The SMILES string of the molecule is CCCCCC(=O)N(CCOC)CC(=O)N(CCc1ccc(OC)c(OC)c1)Cc1ccc(C)s1. The van der Waals surface area contributed by atoms with Crippen LogP contribution < -0.4 is 9.47 Å². The minimum absolute atomic E-state index is 0.00987. The van der Waals surface area contributed by atoms with Crippen LogP contribution in [0.5, 0.6) is 11.5 Å². The third kappa shape index (κ3) is 9.53. The number of hydrogen-bond acceptors (Lipinski definition) is 6. The number of thiophene rings is 1. The molecule has 8 heteroatoms. The van der Waals surface area contributed by atoms with Gasteiger partial charge < -0.3 is 24.0 Å². The number of carbonyl (C=O) groups is 2. The summed E-state index contributed by atoms with van der Waals surface area (Å²) in [6.45, 7) is 6.10. The fraction of sp³-hybridized carbons (Fsp3) is 0.556. The molecule has 0 radical (unpaired) electrons. The molecule has 0 aliphatic rings. The van der Waals surface area contributed by atoms with E-state index in [1.807, 2.05) is 23.1 Å². The number of amides is 2. The summed E-state index contributed by atoms with van der Waals surface area (Å²) in [6.07, 6.45) is 4.02. The molecule has 0 N–H and O–H groups in total. The molecule has 0 aliphatic carbocycles. The Morgan fingerprint density at radius 1 is 0.914 bits per heavy atom. The molecule has 0 bridgehead atoms. The second kappa shape index (κ2) is 15.4. The van der Waals surface area contributed by atoms with Gasteiger partial charge in [0.2, 0.25) is 11.8 Å². The lowest BCUT2D eigenvalue weighted by atomic mass is 10.1. The molecular formula is C27H40N2O5S. The van der Waals surface area contributed by atoms with Crippen LogP contribution in [0.2, 0.25) is 0 Å². The van der Waals surface area contributed by atoms with E-state index in [9.17, 15) is 9.59 Å². The second-order valence-corrected chi connectivity index (χ2v) is 9.90. The topological polar surface area (TPSA) is 68.3 Å². The van der Waals surface area contributed by atoms with Gasteiger partial charge in [-0.25, -0.2) is 0 Å². The first kappa shape index (κ1) is 28.7. The molecule has 0 unspecified atom stereocenters. The molecule has 0 saturated heterocycles. The van der Waals surface area contributed by atoms with Gasteiger partial charge >= 0.3 is 0 Å². The Balaban J connectivity index is 2.14. The number of ether oxygens (including phenoxy) is 3. The quantitative estimate of drug-likeness (QED) is 0.310. The van der Waals surface area contributed by atoms with Gasteiger partial charge in [-0.05, 0) is 49.6 Å². The molecule has 2 rings (SSSR count). The van der Waals surface area contributed by atoms with E-state index in [0.29, 0.717) is 50.6 Å². The number of rotatable bonds is 16. The van der Waals surface area contributed by atoms with E-state index in [-0.39, 0.29) is 18.4 Å². The lowest BCUT2D eigenvalue weighted by Gasteiger charge is -2.27. The zero-order chi connectivity index (χ0) is 25.6. The van der Waals surface area contributed by atoms with Crippen molar-refractivity contribution in [2.24, 2.45) is 0 Å².